The lowest BCUT2D eigenvalue weighted by molar-refractivity contribution is -0.132. The number of benzene rings is 4. The highest BCUT2D eigenvalue weighted by atomic mass is 32.2. The zero-order valence-corrected chi connectivity index (χ0v) is 26.7. The number of thioether (sulfide) groups is 1. The van der Waals surface area contributed by atoms with E-state index in [-0.39, 0.29) is 11.3 Å². The third-order valence-electron chi connectivity index (χ3n) is 7.79. The van der Waals surface area contributed by atoms with Crippen molar-refractivity contribution in [2.24, 2.45) is 0 Å². The Morgan fingerprint density at radius 1 is 0.956 bits per heavy atom. The lowest BCUT2D eigenvalue weighted by atomic mass is 9.95. The summed E-state index contributed by atoms with van der Waals surface area (Å²) >= 11 is 2.78. The summed E-state index contributed by atoms with van der Waals surface area (Å²) in [5, 5.41) is 22.9. The summed E-state index contributed by atoms with van der Waals surface area (Å²) in [5.74, 6) is -0.459. The molecule has 1 aromatic heterocycles. The molecular weight excluding hydrogens is 603 g/mol. The Bertz CT molecular complexity index is 1880. The number of amides is 1. The number of rotatable bonds is 11. The molecule has 1 N–H and O–H groups in total. The number of ether oxygens (including phenoxy) is 1. The molecule has 0 radical (unpaired) electrons. The van der Waals surface area contributed by atoms with Crippen molar-refractivity contribution < 1.29 is 19.4 Å². The summed E-state index contributed by atoms with van der Waals surface area (Å²) < 4.78 is 6.68. The second-order valence-corrected chi connectivity index (χ2v) is 13.1. The topological polar surface area (TPSA) is 92.6 Å². The van der Waals surface area contributed by atoms with Crippen LogP contribution in [0.3, 0.4) is 0 Å². The molecule has 4 aromatic carbocycles. The molecule has 1 aliphatic heterocycles. The van der Waals surface area contributed by atoms with E-state index >= 15 is 0 Å². The first kappa shape index (κ1) is 30.6. The number of fused-ring (bicyclic) bond motifs is 1. The molecule has 0 saturated carbocycles. The number of anilines is 1. The maximum Gasteiger partial charge on any atom is 0.301 e. The van der Waals surface area contributed by atoms with Gasteiger partial charge in [-0.05, 0) is 47.4 Å². The Balaban J connectivity index is 1.35. The van der Waals surface area contributed by atoms with E-state index in [1.807, 2.05) is 61.5 Å². The monoisotopic (exact) mass is 635 g/mol. The summed E-state index contributed by atoms with van der Waals surface area (Å²) in [4.78, 5) is 28.7. The number of unbranched alkanes of at least 4 members (excludes halogenated alkanes) is 2. The Hall–Kier alpha value is -4.47. The molecular formula is C36H33N3O4S2. The molecule has 0 aliphatic carbocycles. The first-order chi connectivity index (χ1) is 21.9. The third-order valence-corrected chi connectivity index (χ3v) is 9.90. The van der Waals surface area contributed by atoms with Gasteiger partial charge in [0.15, 0.2) is 4.34 Å². The van der Waals surface area contributed by atoms with Crippen molar-refractivity contribution in [3.8, 4) is 5.75 Å². The van der Waals surface area contributed by atoms with Gasteiger partial charge in [0.05, 0.1) is 18.2 Å². The Morgan fingerprint density at radius 3 is 2.56 bits per heavy atom. The lowest BCUT2D eigenvalue weighted by Gasteiger charge is -2.23. The highest BCUT2D eigenvalue weighted by Crippen LogP contribution is 2.44. The molecule has 228 valence electrons. The van der Waals surface area contributed by atoms with Gasteiger partial charge < -0.3 is 9.84 Å². The normalized spacial score (nSPS) is 16.0. The molecule has 9 heteroatoms. The second-order valence-electron chi connectivity index (χ2n) is 10.9. The Kier molecular flexibility index (Phi) is 9.28. The molecule has 6 rings (SSSR count). The van der Waals surface area contributed by atoms with Gasteiger partial charge in [-0.25, -0.2) is 0 Å². The van der Waals surface area contributed by atoms with Crippen LogP contribution in [0.5, 0.6) is 5.75 Å². The van der Waals surface area contributed by atoms with Gasteiger partial charge in [-0.15, -0.1) is 10.2 Å². The minimum Gasteiger partial charge on any atom is -0.507 e. The van der Waals surface area contributed by atoms with Crippen LogP contribution in [0.25, 0.3) is 16.5 Å². The molecule has 1 aliphatic rings. The van der Waals surface area contributed by atoms with Crippen LogP contribution in [-0.4, -0.2) is 33.6 Å². The van der Waals surface area contributed by atoms with E-state index in [1.54, 1.807) is 12.1 Å². The third kappa shape index (κ3) is 6.50. The summed E-state index contributed by atoms with van der Waals surface area (Å²) in [6, 6.07) is 28.1. The summed E-state index contributed by atoms with van der Waals surface area (Å²) in [6.45, 7) is 4.65. The number of aliphatic hydroxyl groups is 1. The van der Waals surface area contributed by atoms with Crippen molar-refractivity contribution in [3.05, 3.63) is 119 Å². The SMILES string of the molecule is CCCCCOc1cccc(C2C(=C(O)c3ccc(C)cc3)C(=O)C(=O)N2c2nnc(SCc3cccc4ccccc34)s2)c1. The number of aliphatic hydroxyl groups excluding tert-OH is 1. The van der Waals surface area contributed by atoms with Gasteiger partial charge >= 0.3 is 5.91 Å². The van der Waals surface area contributed by atoms with Crippen LogP contribution < -0.4 is 9.64 Å². The number of aryl methyl sites for hydroxylation is 1. The van der Waals surface area contributed by atoms with Crippen LogP contribution >= 0.6 is 23.1 Å². The van der Waals surface area contributed by atoms with E-state index in [1.165, 1.54) is 44.3 Å². The number of ketones is 1. The number of hydrogen-bond donors (Lipinski definition) is 1. The average Bonchev–Trinajstić information content (AvgIpc) is 3.63. The first-order valence-electron chi connectivity index (χ1n) is 15.0. The number of aromatic nitrogens is 2. The molecule has 1 atom stereocenters. The van der Waals surface area contributed by atoms with Crippen LogP contribution in [0.2, 0.25) is 0 Å². The molecule has 1 fully saturated rings. The second kappa shape index (κ2) is 13.7. The van der Waals surface area contributed by atoms with Crippen molar-refractivity contribution in [2.75, 3.05) is 11.5 Å². The van der Waals surface area contributed by atoms with Crippen LogP contribution in [0.4, 0.5) is 5.13 Å². The fraction of sp³-hybridized carbons (Fsp3) is 0.222. The molecule has 2 heterocycles. The standard InChI is InChI=1S/C36H33N3O4S2/c1-3-4-7-20-43-28-14-9-12-26(21-28)31-30(32(40)25-18-16-23(2)17-19-25)33(41)34(42)39(31)35-37-38-36(45-35)44-22-27-13-8-11-24-10-5-6-15-29(24)27/h5-6,8-19,21,31,40H,3-4,7,20,22H2,1-2H3. The maximum absolute atomic E-state index is 13.7. The molecule has 1 unspecified atom stereocenters. The maximum atomic E-state index is 13.7. The van der Waals surface area contributed by atoms with Crippen molar-refractivity contribution >= 4 is 56.5 Å². The molecule has 7 nitrogen and oxygen atoms in total. The number of carbonyl (C=O) groups excluding carboxylic acids is 2. The largest absolute Gasteiger partial charge is 0.507 e. The predicted octanol–water partition coefficient (Wildman–Crippen LogP) is 8.49. The Morgan fingerprint density at radius 2 is 1.73 bits per heavy atom. The number of hydrogen-bond acceptors (Lipinski definition) is 8. The summed E-state index contributed by atoms with van der Waals surface area (Å²) in [5.41, 5.74) is 3.28. The zero-order chi connectivity index (χ0) is 31.3. The molecule has 5 aromatic rings. The lowest BCUT2D eigenvalue weighted by Crippen LogP contribution is -2.29. The van der Waals surface area contributed by atoms with Crippen LogP contribution in [0.15, 0.2) is 101 Å². The van der Waals surface area contributed by atoms with Gasteiger partial charge in [-0.1, -0.05) is 127 Å². The summed E-state index contributed by atoms with van der Waals surface area (Å²) in [6.07, 6.45) is 3.08. The van der Waals surface area contributed by atoms with E-state index < -0.39 is 17.7 Å². The van der Waals surface area contributed by atoms with Gasteiger partial charge in [0, 0.05) is 11.3 Å². The van der Waals surface area contributed by atoms with Crippen LogP contribution in [-0.2, 0) is 15.3 Å². The minimum atomic E-state index is -0.908. The number of Topliss-reactive ketones (excluding diaryl/α,β-unsaturated/α-hetero) is 1. The summed E-state index contributed by atoms with van der Waals surface area (Å²) in [7, 11) is 0. The van der Waals surface area contributed by atoms with Crippen LogP contribution in [0, 0.1) is 6.92 Å². The molecule has 45 heavy (non-hydrogen) atoms. The van der Waals surface area contributed by atoms with E-state index in [0.717, 1.165) is 24.8 Å². The predicted molar refractivity (Wildman–Crippen MR) is 181 cm³/mol. The molecule has 1 amide bonds. The van der Waals surface area contributed by atoms with E-state index in [0.29, 0.717) is 38.7 Å². The fourth-order valence-corrected chi connectivity index (χ4v) is 7.32. The van der Waals surface area contributed by atoms with Gasteiger partial charge in [-0.2, -0.15) is 0 Å². The fourth-order valence-electron chi connectivity index (χ4n) is 5.44. The van der Waals surface area contributed by atoms with Gasteiger partial charge in [0.2, 0.25) is 5.13 Å². The minimum absolute atomic E-state index is 0.00662. The Labute approximate surface area is 270 Å². The smallest absolute Gasteiger partial charge is 0.301 e. The molecule has 1 saturated heterocycles. The van der Waals surface area contributed by atoms with Crippen molar-refractivity contribution in [1.29, 1.82) is 0 Å². The van der Waals surface area contributed by atoms with Crippen molar-refractivity contribution in [1.82, 2.24) is 10.2 Å². The van der Waals surface area contributed by atoms with Crippen molar-refractivity contribution in [3.63, 3.8) is 0 Å². The van der Waals surface area contributed by atoms with Gasteiger partial charge in [0.1, 0.15) is 11.5 Å². The van der Waals surface area contributed by atoms with E-state index in [4.69, 9.17) is 4.74 Å². The van der Waals surface area contributed by atoms with Crippen LogP contribution in [0.1, 0.15) is 54.5 Å². The quantitative estimate of drug-likeness (QED) is 0.0389. The van der Waals surface area contributed by atoms with Gasteiger partial charge in [0.25, 0.3) is 5.78 Å². The van der Waals surface area contributed by atoms with E-state index in [9.17, 15) is 14.7 Å². The number of nitrogens with zero attached hydrogens (tertiary/aromatic N) is 3. The highest BCUT2D eigenvalue weighted by Gasteiger charge is 2.48. The van der Waals surface area contributed by atoms with Crippen molar-refractivity contribution in [2.45, 2.75) is 49.2 Å². The average molecular weight is 636 g/mol. The van der Waals surface area contributed by atoms with E-state index in [2.05, 4.69) is 41.4 Å². The number of carbonyl (C=O) groups is 2. The van der Waals surface area contributed by atoms with Gasteiger partial charge in [-0.3, -0.25) is 14.5 Å². The molecule has 0 bridgehead atoms. The first-order valence-corrected chi connectivity index (χ1v) is 16.8. The molecule has 0 spiro atoms. The highest BCUT2D eigenvalue weighted by molar-refractivity contribution is 8.00. The zero-order valence-electron chi connectivity index (χ0n) is 25.1.